The zero-order valence-corrected chi connectivity index (χ0v) is 3.42. The maximum absolute atomic E-state index is 10.0. The predicted octanol–water partition coefficient (Wildman–Crippen LogP) is 0.218. The molecule has 6 heavy (non-hydrogen) atoms. The van der Waals surface area contributed by atoms with Crippen molar-refractivity contribution in [1.82, 2.24) is 5.39 Å². The largest absolute Gasteiger partial charge is 0.536 e. The van der Waals surface area contributed by atoms with Crippen LogP contribution in [0.25, 0.3) is 0 Å². The van der Waals surface area contributed by atoms with Crippen LogP contribution in [0.1, 0.15) is 0 Å². The molecule has 3 rings (SSSR count). The topological polar surface area (TPSA) is 48.0 Å². The van der Waals surface area contributed by atoms with E-state index >= 15 is 0 Å². The SMILES string of the molecule is O=P12ON(O1)O2. The fraction of sp³-hybridized carbons (Fsp3) is 0. The number of phosphoric acid groups is 1. The van der Waals surface area contributed by atoms with Crippen LogP contribution >= 0.6 is 7.82 Å². The zero-order valence-electron chi connectivity index (χ0n) is 2.53. The van der Waals surface area contributed by atoms with E-state index in [1.165, 1.54) is 0 Å². The van der Waals surface area contributed by atoms with Crippen LogP contribution in [0.4, 0.5) is 0 Å². The van der Waals surface area contributed by atoms with Crippen LogP contribution in [-0.2, 0) is 18.4 Å². The highest BCUT2D eigenvalue weighted by Gasteiger charge is 2.62. The monoisotopic (exact) mass is 109 g/mol. The normalized spacial score (nSPS) is 62.3. The summed E-state index contributed by atoms with van der Waals surface area (Å²) in [6.45, 7) is 0. The minimum Gasteiger partial charge on any atom is -0.223 e. The predicted molar refractivity (Wildman–Crippen MR) is 12.7 cm³/mol. The Balaban J connectivity index is 2.39. The van der Waals surface area contributed by atoms with Gasteiger partial charge in [-0.2, -0.15) is 0 Å². The van der Waals surface area contributed by atoms with Crippen molar-refractivity contribution in [1.29, 1.82) is 0 Å². The van der Waals surface area contributed by atoms with Crippen LogP contribution < -0.4 is 0 Å². The van der Waals surface area contributed by atoms with Gasteiger partial charge in [-0.1, -0.05) is 0 Å². The standard InChI is InChI=1S/NO4P/c2-6-3-1(4-6)5-6. The number of rotatable bonds is 0. The molecule has 0 amide bonds. The van der Waals surface area contributed by atoms with E-state index in [1.54, 1.807) is 0 Å². The molecule has 34 valence electrons. The second-order valence-electron chi connectivity index (χ2n) is 0.916. The van der Waals surface area contributed by atoms with Crippen molar-refractivity contribution >= 4 is 7.82 Å². The summed E-state index contributed by atoms with van der Waals surface area (Å²) in [5.41, 5.74) is 0. The van der Waals surface area contributed by atoms with E-state index in [-0.39, 0.29) is 0 Å². The molecule has 0 unspecified atom stereocenters. The first kappa shape index (κ1) is 3.12. The van der Waals surface area contributed by atoms with Crippen molar-refractivity contribution in [3.05, 3.63) is 0 Å². The highest BCUT2D eigenvalue weighted by atomic mass is 31.2. The molecule has 0 aromatic heterocycles. The second-order valence-corrected chi connectivity index (χ2v) is 2.30. The maximum Gasteiger partial charge on any atom is 0.536 e. The van der Waals surface area contributed by atoms with Gasteiger partial charge in [-0.05, 0) is 0 Å². The first-order chi connectivity index (χ1) is 2.79. The molecular weight excluding hydrogens is 109 g/mol. The average Bonchev–Trinajstić information content (AvgIpc) is 1.24. The van der Waals surface area contributed by atoms with Crippen molar-refractivity contribution in [3.63, 3.8) is 0 Å². The molecule has 5 nitrogen and oxygen atoms in total. The Kier molecular flexibility index (Phi) is 0.300. The minimum absolute atomic E-state index is 0.695. The molecule has 3 fully saturated rings. The highest BCUT2D eigenvalue weighted by Crippen LogP contribution is 2.71. The van der Waals surface area contributed by atoms with E-state index in [2.05, 4.69) is 13.9 Å². The number of nitrogens with zero attached hydrogens (tertiary/aromatic N) is 1. The third-order valence-electron chi connectivity index (χ3n) is 0.500. The van der Waals surface area contributed by atoms with Gasteiger partial charge in [0.2, 0.25) is 0 Å². The average molecular weight is 109 g/mol. The summed E-state index contributed by atoms with van der Waals surface area (Å²) < 4.78 is 22.5. The highest BCUT2D eigenvalue weighted by molar-refractivity contribution is 7.50. The van der Waals surface area contributed by atoms with Gasteiger partial charge in [-0.25, -0.2) is 4.57 Å². The first-order valence-corrected chi connectivity index (χ1v) is 2.74. The summed E-state index contributed by atoms with van der Waals surface area (Å²) in [5.74, 6) is 0. The lowest BCUT2D eigenvalue weighted by molar-refractivity contribution is -0.577. The van der Waals surface area contributed by atoms with Crippen LogP contribution in [0.5, 0.6) is 0 Å². The van der Waals surface area contributed by atoms with E-state index in [9.17, 15) is 4.57 Å². The number of hydrogen-bond donors (Lipinski definition) is 0. The molecule has 0 atom stereocenters. The Bertz CT molecular complexity index is 106. The summed E-state index contributed by atoms with van der Waals surface area (Å²) in [7, 11) is -2.90. The Morgan fingerprint density at radius 3 is 1.67 bits per heavy atom. The van der Waals surface area contributed by atoms with Crippen molar-refractivity contribution in [2.75, 3.05) is 0 Å². The Morgan fingerprint density at radius 2 is 1.67 bits per heavy atom. The molecule has 3 aliphatic rings. The fourth-order valence-corrected chi connectivity index (χ4v) is 0.790. The molecule has 0 spiro atoms. The lowest BCUT2D eigenvalue weighted by Gasteiger charge is -2.42. The molecule has 2 bridgehead atoms. The molecule has 3 saturated heterocycles. The van der Waals surface area contributed by atoms with Gasteiger partial charge in [0.05, 0.1) is 0 Å². The molecule has 0 saturated carbocycles. The molecule has 3 aliphatic heterocycles. The van der Waals surface area contributed by atoms with Crippen LogP contribution in [0.3, 0.4) is 0 Å². The van der Waals surface area contributed by atoms with Crippen molar-refractivity contribution in [2.24, 2.45) is 0 Å². The van der Waals surface area contributed by atoms with Crippen LogP contribution in [-0.4, -0.2) is 5.39 Å². The molecular formula is NO4P. The second kappa shape index (κ2) is 0.576. The molecule has 0 aromatic rings. The summed E-state index contributed by atoms with van der Waals surface area (Å²) in [4.78, 5) is 0. The molecule has 0 aliphatic carbocycles. The first-order valence-electron chi connectivity index (χ1n) is 1.28. The van der Waals surface area contributed by atoms with Crippen molar-refractivity contribution in [2.45, 2.75) is 0 Å². The smallest absolute Gasteiger partial charge is 0.223 e. The third-order valence-corrected chi connectivity index (χ3v) is 1.50. The Morgan fingerprint density at radius 1 is 1.33 bits per heavy atom. The number of hydrogen-bond acceptors (Lipinski definition) is 5. The van der Waals surface area contributed by atoms with Crippen molar-refractivity contribution < 1.29 is 18.4 Å². The molecule has 0 radical (unpaired) electrons. The molecule has 0 aromatic carbocycles. The lowest BCUT2D eigenvalue weighted by Crippen LogP contribution is -2.45. The van der Waals surface area contributed by atoms with Gasteiger partial charge in [-0.15, -0.1) is 13.9 Å². The third kappa shape index (κ3) is 0.169. The van der Waals surface area contributed by atoms with Gasteiger partial charge in [0, 0.05) is 0 Å². The quantitative estimate of drug-likeness (QED) is 0.416. The lowest BCUT2D eigenvalue weighted by atomic mass is 13.0. The van der Waals surface area contributed by atoms with E-state index in [4.69, 9.17) is 0 Å². The Labute approximate surface area is 32.9 Å². The summed E-state index contributed by atoms with van der Waals surface area (Å²) in [6.07, 6.45) is 0. The van der Waals surface area contributed by atoms with E-state index in [0.29, 0.717) is 5.39 Å². The van der Waals surface area contributed by atoms with Gasteiger partial charge in [-0.3, -0.25) is 0 Å². The van der Waals surface area contributed by atoms with Gasteiger partial charge < -0.3 is 0 Å². The van der Waals surface area contributed by atoms with E-state index in [1.807, 2.05) is 0 Å². The maximum atomic E-state index is 10.0. The molecule has 6 heteroatoms. The summed E-state index contributed by atoms with van der Waals surface area (Å²) >= 11 is 0. The molecule has 0 N–H and O–H groups in total. The summed E-state index contributed by atoms with van der Waals surface area (Å²) in [5, 5.41) is 0.695. The van der Waals surface area contributed by atoms with Gasteiger partial charge >= 0.3 is 7.82 Å². The Hall–Kier alpha value is 0.0700. The minimum atomic E-state index is -2.90. The van der Waals surface area contributed by atoms with E-state index < -0.39 is 7.82 Å². The van der Waals surface area contributed by atoms with Gasteiger partial charge in [0.25, 0.3) is 0 Å². The van der Waals surface area contributed by atoms with Crippen LogP contribution in [0, 0.1) is 0 Å². The van der Waals surface area contributed by atoms with Crippen LogP contribution in [0.15, 0.2) is 0 Å². The van der Waals surface area contributed by atoms with Gasteiger partial charge in [0.15, 0.2) is 0 Å². The zero-order chi connectivity index (χ0) is 4.20. The fourth-order valence-electron chi connectivity index (χ4n) is 0.263. The van der Waals surface area contributed by atoms with Gasteiger partial charge in [0.1, 0.15) is 5.39 Å². The van der Waals surface area contributed by atoms with Crippen LogP contribution in [0.2, 0.25) is 0 Å². The molecule has 3 heterocycles. The van der Waals surface area contributed by atoms with Crippen molar-refractivity contribution in [3.8, 4) is 0 Å². The van der Waals surface area contributed by atoms with E-state index in [0.717, 1.165) is 0 Å². The summed E-state index contributed by atoms with van der Waals surface area (Å²) in [6, 6.07) is 0.